The Morgan fingerprint density at radius 1 is 1.29 bits per heavy atom. The molecule has 1 atom stereocenters. The standard InChI is InChI=1S/C17H16BrN3O3/c1-11(12-5-2-3-6-13(12)18)19-15(22)8-9-16-20-17(21-24-16)14-7-4-10-23-14/h2-7,10-11H,8-9H2,1H3,(H,19,22). The van der Waals surface area contributed by atoms with Gasteiger partial charge < -0.3 is 14.3 Å². The van der Waals surface area contributed by atoms with Gasteiger partial charge in [0.15, 0.2) is 5.76 Å². The highest BCUT2D eigenvalue weighted by Crippen LogP contribution is 2.23. The van der Waals surface area contributed by atoms with Crippen LogP contribution in [0, 0.1) is 0 Å². The number of benzene rings is 1. The van der Waals surface area contributed by atoms with Crippen molar-refractivity contribution in [1.29, 1.82) is 0 Å². The molecular formula is C17H16BrN3O3. The summed E-state index contributed by atoms with van der Waals surface area (Å²) in [5.41, 5.74) is 1.03. The zero-order chi connectivity index (χ0) is 16.9. The molecule has 0 bridgehead atoms. The molecule has 2 aromatic heterocycles. The molecule has 0 aliphatic heterocycles. The van der Waals surface area contributed by atoms with E-state index in [9.17, 15) is 4.79 Å². The molecule has 0 aliphatic rings. The summed E-state index contributed by atoms with van der Waals surface area (Å²) in [6, 6.07) is 11.2. The summed E-state index contributed by atoms with van der Waals surface area (Å²) in [6.45, 7) is 1.94. The molecule has 1 unspecified atom stereocenters. The first-order chi connectivity index (χ1) is 11.6. The van der Waals surface area contributed by atoms with Gasteiger partial charge in [0.2, 0.25) is 17.6 Å². The average Bonchev–Trinajstić information content (AvgIpc) is 3.24. The molecule has 3 aromatic rings. The molecular weight excluding hydrogens is 374 g/mol. The topological polar surface area (TPSA) is 81.2 Å². The van der Waals surface area contributed by atoms with Gasteiger partial charge in [0.1, 0.15) is 0 Å². The number of hydrogen-bond acceptors (Lipinski definition) is 5. The van der Waals surface area contributed by atoms with Crippen molar-refractivity contribution in [2.75, 3.05) is 0 Å². The van der Waals surface area contributed by atoms with Crippen molar-refractivity contribution < 1.29 is 13.7 Å². The molecule has 6 nitrogen and oxygen atoms in total. The lowest BCUT2D eigenvalue weighted by Crippen LogP contribution is -2.27. The number of nitrogens with one attached hydrogen (secondary N) is 1. The Hall–Kier alpha value is -2.41. The fraction of sp³-hybridized carbons (Fsp3) is 0.235. The molecule has 2 heterocycles. The number of carbonyl (C=O) groups is 1. The van der Waals surface area contributed by atoms with E-state index in [0.717, 1.165) is 10.0 Å². The summed E-state index contributed by atoms with van der Waals surface area (Å²) < 4.78 is 11.3. The van der Waals surface area contributed by atoms with Crippen LogP contribution in [0.15, 0.2) is 56.1 Å². The molecule has 0 aliphatic carbocycles. The second-order valence-corrected chi connectivity index (χ2v) is 6.15. The minimum Gasteiger partial charge on any atom is -0.461 e. The van der Waals surface area contributed by atoms with E-state index in [1.807, 2.05) is 31.2 Å². The molecule has 0 radical (unpaired) electrons. The number of hydrogen-bond donors (Lipinski definition) is 1. The summed E-state index contributed by atoms with van der Waals surface area (Å²) in [5.74, 6) is 1.26. The Bertz CT molecular complexity index is 814. The first-order valence-corrected chi connectivity index (χ1v) is 8.33. The maximum absolute atomic E-state index is 12.1. The van der Waals surface area contributed by atoms with Crippen LogP contribution in [0.4, 0.5) is 0 Å². The number of amides is 1. The van der Waals surface area contributed by atoms with Crippen molar-refractivity contribution in [1.82, 2.24) is 15.5 Å². The van der Waals surface area contributed by atoms with E-state index in [4.69, 9.17) is 8.94 Å². The highest BCUT2D eigenvalue weighted by Gasteiger charge is 2.15. The van der Waals surface area contributed by atoms with Crippen molar-refractivity contribution >= 4 is 21.8 Å². The van der Waals surface area contributed by atoms with Gasteiger partial charge in [-0.15, -0.1) is 0 Å². The minimum atomic E-state index is -0.0885. The molecule has 1 amide bonds. The van der Waals surface area contributed by atoms with E-state index < -0.39 is 0 Å². The van der Waals surface area contributed by atoms with Crippen molar-refractivity contribution in [3.63, 3.8) is 0 Å². The Labute approximate surface area is 147 Å². The number of rotatable bonds is 6. The molecule has 0 saturated heterocycles. The summed E-state index contributed by atoms with van der Waals surface area (Å²) in [4.78, 5) is 16.3. The van der Waals surface area contributed by atoms with Crippen molar-refractivity contribution in [3.05, 3.63) is 58.6 Å². The molecule has 0 spiro atoms. The normalized spacial score (nSPS) is 12.1. The van der Waals surface area contributed by atoms with Crippen LogP contribution in [-0.4, -0.2) is 16.0 Å². The number of aromatic nitrogens is 2. The third-order valence-corrected chi connectivity index (χ3v) is 4.25. The SMILES string of the molecule is CC(NC(=O)CCc1nc(-c2ccco2)no1)c1ccccc1Br. The third-order valence-electron chi connectivity index (χ3n) is 3.52. The monoisotopic (exact) mass is 389 g/mol. The second kappa shape index (κ2) is 7.44. The lowest BCUT2D eigenvalue weighted by molar-refractivity contribution is -0.121. The van der Waals surface area contributed by atoms with Gasteiger partial charge in [-0.05, 0) is 30.7 Å². The first-order valence-electron chi connectivity index (χ1n) is 7.53. The lowest BCUT2D eigenvalue weighted by atomic mass is 10.1. The van der Waals surface area contributed by atoms with Gasteiger partial charge in [-0.3, -0.25) is 4.79 Å². The fourth-order valence-electron chi connectivity index (χ4n) is 2.30. The Morgan fingerprint density at radius 3 is 2.88 bits per heavy atom. The van der Waals surface area contributed by atoms with Gasteiger partial charge in [0, 0.05) is 17.3 Å². The minimum absolute atomic E-state index is 0.0731. The van der Waals surface area contributed by atoms with Crippen LogP contribution in [0.3, 0.4) is 0 Å². The van der Waals surface area contributed by atoms with Gasteiger partial charge in [-0.25, -0.2) is 0 Å². The van der Waals surface area contributed by atoms with Crippen LogP contribution in [0.2, 0.25) is 0 Å². The predicted molar refractivity (Wildman–Crippen MR) is 91.0 cm³/mol. The summed E-state index contributed by atoms with van der Waals surface area (Å²) in [6.07, 6.45) is 2.19. The summed E-state index contributed by atoms with van der Waals surface area (Å²) >= 11 is 3.49. The van der Waals surface area contributed by atoms with Crippen molar-refractivity contribution in [3.8, 4) is 11.6 Å². The van der Waals surface area contributed by atoms with Gasteiger partial charge in [0.05, 0.1) is 12.3 Å². The maximum Gasteiger partial charge on any atom is 0.238 e. The molecule has 0 saturated carbocycles. The molecule has 24 heavy (non-hydrogen) atoms. The van der Waals surface area contributed by atoms with E-state index in [0.29, 0.717) is 23.9 Å². The van der Waals surface area contributed by atoms with Crippen LogP contribution in [0.1, 0.15) is 30.8 Å². The zero-order valence-electron chi connectivity index (χ0n) is 13.0. The highest BCUT2D eigenvalue weighted by atomic mass is 79.9. The van der Waals surface area contributed by atoms with Gasteiger partial charge in [0.25, 0.3) is 0 Å². The molecule has 0 fully saturated rings. The van der Waals surface area contributed by atoms with Crippen LogP contribution < -0.4 is 5.32 Å². The first kappa shape index (κ1) is 16.4. The van der Waals surface area contributed by atoms with Crippen LogP contribution in [-0.2, 0) is 11.2 Å². The van der Waals surface area contributed by atoms with E-state index in [-0.39, 0.29) is 18.4 Å². The van der Waals surface area contributed by atoms with E-state index in [2.05, 4.69) is 31.4 Å². The predicted octanol–water partition coefficient (Wildman–Crippen LogP) is 3.90. The quantitative estimate of drug-likeness (QED) is 0.691. The van der Waals surface area contributed by atoms with E-state index >= 15 is 0 Å². The number of furan rings is 1. The fourth-order valence-corrected chi connectivity index (χ4v) is 2.93. The smallest absolute Gasteiger partial charge is 0.238 e. The maximum atomic E-state index is 12.1. The number of carbonyl (C=O) groups excluding carboxylic acids is 1. The number of halogens is 1. The molecule has 124 valence electrons. The molecule has 3 rings (SSSR count). The van der Waals surface area contributed by atoms with Gasteiger partial charge >= 0.3 is 0 Å². The van der Waals surface area contributed by atoms with Crippen LogP contribution in [0.5, 0.6) is 0 Å². The average molecular weight is 390 g/mol. The summed E-state index contributed by atoms with van der Waals surface area (Å²) in [5, 5.41) is 6.80. The number of aryl methyl sites for hydroxylation is 1. The zero-order valence-corrected chi connectivity index (χ0v) is 14.6. The van der Waals surface area contributed by atoms with E-state index in [1.165, 1.54) is 0 Å². The van der Waals surface area contributed by atoms with E-state index in [1.54, 1.807) is 18.4 Å². The molecule has 1 N–H and O–H groups in total. The Morgan fingerprint density at radius 2 is 2.12 bits per heavy atom. The lowest BCUT2D eigenvalue weighted by Gasteiger charge is -2.15. The largest absolute Gasteiger partial charge is 0.461 e. The number of nitrogens with zero attached hydrogens (tertiary/aromatic N) is 2. The Kier molecular flexibility index (Phi) is 5.10. The van der Waals surface area contributed by atoms with Crippen molar-refractivity contribution in [2.45, 2.75) is 25.8 Å². The Balaban J connectivity index is 1.53. The molecule has 7 heteroatoms. The van der Waals surface area contributed by atoms with Crippen molar-refractivity contribution in [2.24, 2.45) is 0 Å². The highest BCUT2D eigenvalue weighted by molar-refractivity contribution is 9.10. The van der Waals surface area contributed by atoms with Gasteiger partial charge in [-0.2, -0.15) is 4.98 Å². The summed E-state index contributed by atoms with van der Waals surface area (Å²) in [7, 11) is 0. The van der Waals surface area contributed by atoms with Crippen LogP contribution in [0.25, 0.3) is 11.6 Å². The van der Waals surface area contributed by atoms with Gasteiger partial charge in [-0.1, -0.05) is 39.3 Å². The molecule has 1 aromatic carbocycles. The second-order valence-electron chi connectivity index (χ2n) is 5.30. The third kappa shape index (κ3) is 3.91. The van der Waals surface area contributed by atoms with Crippen LogP contribution >= 0.6 is 15.9 Å².